The Morgan fingerprint density at radius 1 is 1.38 bits per heavy atom. The molecule has 1 saturated carbocycles. The van der Waals surface area contributed by atoms with Crippen molar-refractivity contribution in [3.05, 3.63) is 24.0 Å². The van der Waals surface area contributed by atoms with Crippen LogP contribution in [0.4, 0.5) is 5.69 Å². The van der Waals surface area contributed by atoms with Crippen molar-refractivity contribution in [2.24, 2.45) is 5.92 Å². The minimum absolute atomic E-state index is 0.452. The van der Waals surface area contributed by atoms with E-state index in [0.717, 1.165) is 18.4 Å². The minimum atomic E-state index is -0.864. The molecule has 1 aliphatic carbocycles. The van der Waals surface area contributed by atoms with Gasteiger partial charge in [0.25, 0.3) is 5.91 Å². The zero-order valence-corrected chi connectivity index (χ0v) is 14.3. The highest BCUT2D eigenvalue weighted by Crippen LogP contribution is 2.23. The van der Waals surface area contributed by atoms with Crippen LogP contribution in [0, 0.1) is 12.8 Å². The standard InChI is InChI=1S/C18H25N3O3/c1-13-8-9-19-11-16(13)21(12-22)14(2)17(23)18(24)20-10-15-6-4-3-5-7-15/h8-9,11-12,14-15H,3-7,10H2,1-2H3,(H,20,24). The smallest absolute Gasteiger partial charge is 0.289 e. The fourth-order valence-corrected chi connectivity index (χ4v) is 3.11. The monoisotopic (exact) mass is 331 g/mol. The Morgan fingerprint density at radius 3 is 2.71 bits per heavy atom. The minimum Gasteiger partial charge on any atom is -0.349 e. The van der Waals surface area contributed by atoms with Crippen molar-refractivity contribution in [2.45, 2.75) is 52.0 Å². The number of ketones is 1. The van der Waals surface area contributed by atoms with E-state index in [1.807, 2.05) is 6.92 Å². The number of hydrogen-bond donors (Lipinski definition) is 1. The Kier molecular flexibility index (Phi) is 6.46. The van der Waals surface area contributed by atoms with E-state index in [-0.39, 0.29) is 0 Å². The molecule has 1 aromatic heterocycles. The molecule has 6 nitrogen and oxygen atoms in total. The highest BCUT2D eigenvalue weighted by Gasteiger charge is 2.28. The molecule has 0 bridgehead atoms. The van der Waals surface area contributed by atoms with Gasteiger partial charge in [0.1, 0.15) is 6.04 Å². The number of amides is 2. The number of carbonyl (C=O) groups is 3. The van der Waals surface area contributed by atoms with Crippen molar-refractivity contribution in [1.82, 2.24) is 10.3 Å². The van der Waals surface area contributed by atoms with Crippen LogP contribution in [0.5, 0.6) is 0 Å². The predicted molar refractivity (Wildman–Crippen MR) is 91.6 cm³/mol. The maximum Gasteiger partial charge on any atom is 0.289 e. The number of pyridine rings is 1. The van der Waals surface area contributed by atoms with Crippen LogP contribution in [0.1, 0.15) is 44.6 Å². The molecule has 1 aliphatic rings. The number of aryl methyl sites for hydroxylation is 1. The van der Waals surface area contributed by atoms with Gasteiger partial charge >= 0.3 is 0 Å². The zero-order chi connectivity index (χ0) is 17.5. The quantitative estimate of drug-likeness (QED) is 0.612. The average molecular weight is 331 g/mol. The van der Waals surface area contributed by atoms with Crippen molar-refractivity contribution < 1.29 is 14.4 Å². The summed E-state index contributed by atoms with van der Waals surface area (Å²) in [6.45, 7) is 3.92. The number of carbonyl (C=O) groups excluding carboxylic acids is 3. The highest BCUT2D eigenvalue weighted by atomic mass is 16.2. The summed E-state index contributed by atoms with van der Waals surface area (Å²) in [5.41, 5.74) is 1.35. The van der Waals surface area contributed by atoms with Gasteiger partial charge < -0.3 is 10.2 Å². The highest BCUT2D eigenvalue weighted by molar-refractivity contribution is 6.39. The van der Waals surface area contributed by atoms with Gasteiger partial charge in [-0.15, -0.1) is 0 Å². The first-order chi connectivity index (χ1) is 11.5. The van der Waals surface area contributed by atoms with E-state index >= 15 is 0 Å². The summed E-state index contributed by atoms with van der Waals surface area (Å²) in [7, 11) is 0. The molecule has 24 heavy (non-hydrogen) atoms. The summed E-state index contributed by atoms with van der Waals surface area (Å²) in [4.78, 5) is 41.2. The van der Waals surface area contributed by atoms with E-state index in [1.165, 1.54) is 30.4 Å². The lowest BCUT2D eigenvalue weighted by atomic mass is 9.89. The number of hydrogen-bond acceptors (Lipinski definition) is 4. The van der Waals surface area contributed by atoms with Gasteiger partial charge in [0.05, 0.1) is 11.9 Å². The third-order valence-electron chi connectivity index (χ3n) is 4.70. The normalized spacial score (nSPS) is 16.2. The van der Waals surface area contributed by atoms with Gasteiger partial charge in [0.2, 0.25) is 12.2 Å². The van der Waals surface area contributed by atoms with E-state index in [4.69, 9.17) is 0 Å². The molecule has 0 spiro atoms. The first kappa shape index (κ1) is 18.1. The Morgan fingerprint density at radius 2 is 2.08 bits per heavy atom. The SMILES string of the molecule is Cc1ccncc1N(C=O)C(C)C(=O)C(=O)NCC1CCCCC1. The van der Waals surface area contributed by atoms with Crippen LogP contribution in [0.2, 0.25) is 0 Å². The van der Waals surface area contributed by atoms with E-state index in [9.17, 15) is 14.4 Å². The lowest BCUT2D eigenvalue weighted by Gasteiger charge is -2.25. The summed E-state index contributed by atoms with van der Waals surface area (Å²) in [6.07, 6.45) is 9.52. The van der Waals surface area contributed by atoms with Crippen LogP contribution in [0.25, 0.3) is 0 Å². The number of rotatable bonds is 7. The Bertz CT molecular complexity index is 597. The number of Topliss-reactive ketones (excluding diaryl/α,β-unsaturated/α-hetero) is 1. The van der Waals surface area contributed by atoms with Crippen molar-refractivity contribution >= 4 is 23.8 Å². The van der Waals surface area contributed by atoms with Gasteiger partial charge in [-0.05, 0) is 44.2 Å². The summed E-state index contributed by atoms with van der Waals surface area (Å²) >= 11 is 0. The summed E-state index contributed by atoms with van der Waals surface area (Å²) in [5, 5.41) is 2.73. The second-order valence-corrected chi connectivity index (χ2v) is 6.43. The van der Waals surface area contributed by atoms with Crippen LogP contribution < -0.4 is 10.2 Å². The molecule has 1 fully saturated rings. The molecule has 1 heterocycles. The maximum absolute atomic E-state index is 12.4. The van der Waals surface area contributed by atoms with Gasteiger partial charge in [-0.1, -0.05) is 19.3 Å². The maximum atomic E-state index is 12.4. The molecule has 6 heteroatoms. The fourth-order valence-electron chi connectivity index (χ4n) is 3.11. The molecule has 2 amide bonds. The van der Waals surface area contributed by atoms with E-state index in [1.54, 1.807) is 19.2 Å². The molecule has 1 unspecified atom stereocenters. The molecule has 0 aromatic carbocycles. The predicted octanol–water partition coefficient (Wildman–Crippen LogP) is 2.01. The largest absolute Gasteiger partial charge is 0.349 e. The third kappa shape index (κ3) is 4.40. The van der Waals surface area contributed by atoms with Crippen LogP contribution in [0.15, 0.2) is 18.5 Å². The van der Waals surface area contributed by atoms with E-state index in [2.05, 4.69) is 10.3 Å². The molecule has 1 N–H and O–H groups in total. The van der Waals surface area contributed by atoms with Crippen LogP contribution >= 0.6 is 0 Å². The van der Waals surface area contributed by atoms with E-state index < -0.39 is 17.7 Å². The number of nitrogens with one attached hydrogen (secondary N) is 1. The average Bonchev–Trinajstić information content (AvgIpc) is 2.62. The fraction of sp³-hybridized carbons (Fsp3) is 0.556. The summed E-state index contributed by atoms with van der Waals surface area (Å²) in [6, 6.07) is 0.892. The Balaban J connectivity index is 1.97. The third-order valence-corrected chi connectivity index (χ3v) is 4.70. The van der Waals surface area contributed by atoms with Gasteiger partial charge in [-0.25, -0.2) is 0 Å². The molecule has 0 aliphatic heterocycles. The molecule has 2 rings (SSSR count). The second kappa shape index (κ2) is 8.57. The summed E-state index contributed by atoms with van der Waals surface area (Å²) < 4.78 is 0. The van der Waals surface area contributed by atoms with Crippen molar-refractivity contribution in [3.63, 3.8) is 0 Å². The lowest BCUT2D eigenvalue weighted by Crippen LogP contribution is -2.47. The first-order valence-corrected chi connectivity index (χ1v) is 8.51. The number of aromatic nitrogens is 1. The summed E-state index contributed by atoms with van der Waals surface area (Å²) in [5.74, 6) is -0.781. The Hall–Kier alpha value is -2.24. The molecule has 1 atom stereocenters. The van der Waals surface area contributed by atoms with Crippen molar-refractivity contribution in [1.29, 1.82) is 0 Å². The lowest BCUT2D eigenvalue weighted by molar-refractivity contribution is -0.138. The van der Waals surface area contributed by atoms with E-state index in [0.29, 0.717) is 24.6 Å². The van der Waals surface area contributed by atoms with Gasteiger partial charge in [-0.2, -0.15) is 0 Å². The molecule has 0 saturated heterocycles. The van der Waals surface area contributed by atoms with Crippen LogP contribution in [-0.2, 0) is 14.4 Å². The topological polar surface area (TPSA) is 79.4 Å². The van der Waals surface area contributed by atoms with Crippen molar-refractivity contribution in [2.75, 3.05) is 11.4 Å². The Labute approximate surface area is 142 Å². The first-order valence-electron chi connectivity index (χ1n) is 8.51. The molecule has 1 aromatic rings. The van der Waals surface area contributed by atoms with Gasteiger partial charge in [0.15, 0.2) is 0 Å². The van der Waals surface area contributed by atoms with Crippen molar-refractivity contribution in [3.8, 4) is 0 Å². The zero-order valence-electron chi connectivity index (χ0n) is 14.3. The van der Waals surface area contributed by atoms with Crippen LogP contribution in [-0.4, -0.2) is 35.7 Å². The number of nitrogens with zero attached hydrogens (tertiary/aromatic N) is 2. The molecular weight excluding hydrogens is 306 g/mol. The molecule has 130 valence electrons. The van der Waals surface area contributed by atoms with Gasteiger partial charge in [0, 0.05) is 12.7 Å². The molecule has 0 radical (unpaired) electrons. The van der Waals surface area contributed by atoms with Gasteiger partial charge in [-0.3, -0.25) is 19.4 Å². The number of anilines is 1. The van der Waals surface area contributed by atoms with Crippen LogP contribution in [0.3, 0.4) is 0 Å². The molecular formula is C18H25N3O3. The second-order valence-electron chi connectivity index (χ2n) is 6.43.